The van der Waals surface area contributed by atoms with Gasteiger partial charge in [0.25, 0.3) is 5.91 Å². The van der Waals surface area contributed by atoms with Crippen LogP contribution in [0.3, 0.4) is 0 Å². The Kier molecular flexibility index (Phi) is 5.58. The molecular formula is C10H16N4O2S. The van der Waals surface area contributed by atoms with Crippen LogP contribution in [0.5, 0.6) is 0 Å². The van der Waals surface area contributed by atoms with Crippen molar-refractivity contribution in [2.75, 3.05) is 19.6 Å². The highest BCUT2D eigenvalue weighted by Crippen LogP contribution is 2.09. The number of nitrogens with one attached hydrogen (secondary N) is 2. The summed E-state index contributed by atoms with van der Waals surface area (Å²) in [5, 5.41) is 7.83. The molecule has 1 aromatic heterocycles. The van der Waals surface area contributed by atoms with E-state index >= 15 is 0 Å². The topological polar surface area (TPSA) is 97.1 Å². The summed E-state index contributed by atoms with van der Waals surface area (Å²) in [5.41, 5.74) is 5.80. The third-order valence-electron chi connectivity index (χ3n) is 1.93. The summed E-state index contributed by atoms with van der Waals surface area (Å²) >= 11 is 1.42. The largest absolute Gasteiger partial charge is 0.355 e. The number of nitrogens with zero attached hydrogens (tertiary/aromatic N) is 1. The van der Waals surface area contributed by atoms with Crippen molar-refractivity contribution in [2.45, 2.75) is 13.3 Å². The van der Waals surface area contributed by atoms with E-state index in [0.717, 1.165) is 5.01 Å². The highest BCUT2D eigenvalue weighted by atomic mass is 32.1. The molecule has 0 radical (unpaired) electrons. The fraction of sp³-hybridized carbons (Fsp3) is 0.500. The van der Waals surface area contributed by atoms with Gasteiger partial charge in [0.15, 0.2) is 0 Å². The summed E-state index contributed by atoms with van der Waals surface area (Å²) in [4.78, 5) is 26.3. The average Bonchev–Trinajstić information content (AvgIpc) is 2.73. The summed E-state index contributed by atoms with van der Waals surface area (Å²) in [7, 11) is 0. The number of amides is 2. The van der Waals surface area contributed by atoms with Gasteiger partial charge in [0, 0.05) is 31.8 Å². The molecule has 0 atom stereocenters. The molecule has 0 bridgehead atoms. The molecule has 6 nitrogen and oxygen atoms in total. The van der Waals surface area contributed by atoms with Crippen LogP contribution in [0.15, 0.2) is 5.38 Å². The minimum atomic E-state index is -0.227. The molecule has 0 fully saturated rings. The number of carbonyl (C=O) groups excluding carboxylic acids is 2. The molecule has 0 unspecified atom stereocenters. The van der Waals surface area contributed by atoms with Crippen LogP contribution in [0.4, 0.5) is 0 Å². The van der Waals surface area contributed by atoms with Gasteiger partial charge < -0.3 is 16.4 Å². The van der Waals surface area contributed by atoms with Gasteiger partial charge in [-0.25, -0.2) is 4.98 Å². The quantitative estimate of drug-likeness (QED) is 0.598. The van der Waals surface area contributed by atoms with Gasteiger partial charge in [-0.15, -0.1) is 11.3 Å². The molecule has 0 aliphatic rings. The van der Waals surface area contributed by atoms with Crippen LogP contribution in [0, 0.1) is 0 Å². The van der Waals surface area contributed by atoms with E-state index in [0.29, 0.717) is 31.7 Å². The Bertz CT molecular complexity index is 391. The second-order valence-electron chi connectivity index (χ2n) is 3.40. The van der Waals surface area contributed by atoms with Crippen LogP contribution in [0.1, 0.15) is 22.4 Å². The van der Waals surface area contributed by atoms with Gasteiger partial charge >= 0.3 is 0 Å². The van der Waals surface area contributed by atoms with Crippen molar-refractivity contribution in [1.29, 1.82) is 0 Å². The van der Waals surface area contributed by atoms with Crippen LogP contribution in [0.25, 0.3) is 0 Å². The highest BCUT2D eigenvalue weighted by molar-refractivity contribution is 7.09. The minimum Gasteiger partial charge on any atom is -0.355 e. The summed E-state index contributed by atoms with van der Waals surface area (Å²) < 4.78 is 0. The lowest BCUT2D eigenvalue weighted by atomic mass is 10.4. The van der Waals surface area contributed by atoms with E-state index in [1.165, 1.54) is 18.3 Å². The molecule has 0 aromatic carbocycles. The molecule has 94 valence electrons. The van der Waals surface area contributed by atoms with Crippen LogP contribution in [0.2, 0.25) is 0 Å². The lowest BCUT2D eigenvalue weighted by molar-refractivity contribution is -0.118. The molecule has 0 spiro atoms. The molecule has 0 aliphatic heterocycles. The highest BCUT2D eigenvalue weighted by Gasteiger charge is 2.09. The second-order valence-corrected chi connectivity index (χ2v) is 4.35. The molecule has 17 heavy (non-hydrogen) atoms. The van der Waals surface area contributed by atoms with Gasteiger partial charge in [-0.1, -0.05) is 0 Å². The van der Waals surface area contributed by atoms with Crippen LogP contribution in [-0.2, 0) is 11.2 Å². The minimum absolute atomic E-state index is 0.113. The maximum Gasteiger partial charge on any atom is 0.270 e. The van der Waals surface area contributed by atoms with Crippen LogP contribution in [-0.4, -0.2) is 36.4 Å². The van der Waals surface area contributed by atoms with Crippen molar-refractivity contribution in [3.05, 3.63) is 16.1 Å². The molecule has 2 amide bonds. The summed E-state index contributed by atoms with van der Waals surface area (Å²) in [6, 6.07) is 0. The summed E-state index contributed by atoms with van der Waals surface area (Å²) in [5.74, 6) is -0.340. The molecule has 1 rings (SSSR count). The zero-order valence-corrected chi connectivity index (χ0v) is 10.5. The Morgan fingerprint density at radius 2 is 2.12 bits per heavy atom. The zero-order valence-electron chi connectivity index (χ0n) is 9.66. The van der Waals surface area contributed by atoms with Crippen LogP contribution >= 0.6 is 11.3 Å². The number of hydrogen-bond donors (Lipinski definition) is 3. The molecule has 1 heterocycles. The molecule has 4 N–H and O–H groups in total. The van der Waals surface area contributed by atoms with Crippen molar-refractivity contribution >= 4 is 23.2 Å². The standard InChI is InChI=1S/C10H16N4O2S/c1-7(15)12-4-5-13-10(16)8-6-17-9(14-8)2-3-11/h6H,2-5,11H2,1H3,(H,12,15)(H,13,16). The first-order valence-corrected chi connectivity index (χ1v) is 6.18. The molecule has 0 saturated heterocycles. The third-order valence-corrected chi connectivity index (χ3v) is 2.84. The molecule has 1 aromatic rings. The Hall–Kier alpha value is -1.47. The first-order valence-electron chi connectivity index (χ1n) is 5.30. The summed E-state index contributed by atoms with van der Waals surface area (Å²) in [6.07, 6.45) is 0.684. The first-order chi connectivity index (χ1) is 8.13. The Labute approximate surface area is 104 Å². The fourth-order valence-corrected chi connectivity index (χ4v) is 1.95. The lowest BCUT2D eigenvalue weighted by Gasteiger charge is -2.03. The molecule has 0 saturated carbocycles. The van der Waals surface area contributed by atoms with Gasteiger partial charge in [0.1, 0.15) is 5.69 Å². The van der Waals surface area contributed by atoms with E-state index in [4.69, 9.17) is 5.73 Å². The zero-order chi connectivity index (χ0) is 12.7. The van der Waals surface area contributed by atoms with Crippen molar-refractivity contribution in [2.24, 2.45) is 5.73 Å². The first kappa shape index (κ1) is 13.6. The number of thiazole rings is 1. The predicted octanol–water partition coefficient (Wildman–Crippen LogP) is -0.490. The van der Waals surface area contributed by atoms with Crippen molar-refractivity contribution in [1.82, 2.24) is 15.6 Å². The van der Waals surface area contributed by atoms with E-state index in [1.54, 1.807) is 5.38 Å². The Morgan fingerprint density at radius 3 is 2.76 bits per heavy atom. The monoisotopic (exact) mass is 256 g/mol. The maximum absolute atomic E-state index is 11.6. The number of aromatic nitrogens is 1. The van der Waals surface area contributed by atoms with Gasteiger partial charge in [0.2, 0.25) is 5.91 Å². The maximum atomic E-state index is 11.6. The normalized spacial score (nSPS) is 10.0. The van der Waals surface area contributed by atoms with E-state index in [9.17, 15) is 9.59 Å². The Morgan fingerprint density at radius 1 is 1.41 bits per heavy atom. The third kappa shape index (κ3) is 4.92. The van der Waals surface area contributed by atoms with Gasteiger partial charge in [-0.2, -0.15) is 0 Å². The van der Waals surface area contributed by atoms with Crippen molar-refractivity contribution < 1.29 is 9.59 Å². The molecule has 7 heteroatoms. The van der Waals surface area contributed by atoms with Crippen molar-refractivity contribution in [3.8, 4) is 0 Å². The summed E-state index contributed by atoms with van der Waals surface area (Å²) in [6.45, 7) is 2.77. The second kappa shape index (κ2) is 6.97. The average molecular weight is 256 g/mol. The van der Waals surface area contributed by atoms with E-state index in [1.807, 2.05) is 0 Å². The smallest absolute Gasteiger partial charge is 0.270 e. The SMILES string of the molecule is CC(=O)NCCNC(=O)c1csc(CCN)n1. The number of rotatable bonds is 6. The number of hydrogen-bond acceptors (Lipinski definition) is 5. The predicted molar refractivity (Wildman–Crippen MR) is 65.9 cm³/mol. The van der Waals surface area contributed by atoms with E-state index in [-0.39, 0.29) is 11.8 Å². The van der Waals surface area contributed by atoms with Crippen LogP contribution < -0.4 is 16.4 Å². The fourth-order valence-electron chi connectivity index (χ4n) is 1.16. The molecular weight excluding hydrogens is 240 g/mol. The Balaban J connectivity index is 2.33. The number of carbonyl (C=O) groups is 2. The van der Waals surface area contributed by atoms with E-state index < -0.39 is 0 Å². The van der Waals surface area contributed by atoms with Gasteiger partial charge in [0.05, 0.1) is 5.01 Å². The van der Waals surface area contributed by atoms with Gasteiger partial charge in [-0.05, 0) is 6.54 Å². The number of nitrogens with two attached hydrogens (primary N) is 1. The van der Waals surface area contributed by atoms with Gasteiger partial charge in [-0.3, -0.25) is 9.59 Å². The lowest BCUT2D eigenvalue weighted by Crippen LogP contribution is -2.33. The molecule has 0 aliphatic carbocycles. The van der Waals surface area contributed by atoms with Crippen molar-refractivity contribution in [3.63, 3.8) is 0 Å². The van der Waals surface area contributed by atoms with E-state index in [2.05, 4.69) is 15.6 Å².